The van der Waals surface area contributed by atoms with Gasteiger partial charge in [-0.15, -0.1) is 0 Å². The molecule has 1 aromatic heterocycles. The van der Waals surface area contributed by atoms with Crippen molar-refractivity contribution in [2.45, 2.75) is 20.8 Å². The van der Waals surface area contributed by atoms with E-state index >= 15 is 0 Å². The highest BCUT2D eigenvalue weighted by Crippen LogP contribution is 2.34. The number of aryl methyl sites for hydroxylation is 2. The second-order valence-corrected chi connectivity index (χ2v) is 9.70. The lowest BCUT2D eigenvalue weighted by Crippen LogP contribution is -2.46. The molecule has 0 N–H and O–H groups in total. The number of hydrogen-bond donors (Lipinski definition) is 0. The van der Waals surface area contributed by atoms with Crippen LogP contribution in [0.1, 0.15) is 22.5 Å². The number of amides is 3. The Labute approximate surface area is 199 Å². The first-order chi connectivity index (χ1) is 15.3. The van der Waals surface area contributed by atoms with E-state index in [9.17, 15) is 14.4 Å². The Kier molecular flexibility index (Phi) is 6.60. The van der Waals surface area contributed by atoms with Crippen LogP contribution in [0.15, 0.2) is 33.6 Å². The molecule has 3 heterocycles. The van der Waals surface area contributed by atoms with Crippen molar-refractivity contribution in [1.29, 1.82) is 0 Å². The topological polar surface area (TPSA) is 71.8 Å². The standard InChI is InChI=1S/C23H24BrN3O4S/c1-14-10-18(4-5-19(14)24)27-15(2)11-17(16(27)3)12-20-22(29)26(23(30)32-20)13-21(28)25-6-8-31-9-7-25/h4-5,10-12H,6-9,13H2,1-3H3/b20-12-. The Bertz CT molecular complexity index is 1130. The number of carbonyl (C=O) groups is 3. The fourth-order valence-electron chi connectivity index (χ4n) is 3.92. The predicted octanol–water partition coefficient (Wildman–Crippen LogP) is 4.06. The fraction of sp³-hybridized carbons (Fsp3) is 0.348. The van der Waals surface area contributed by atoms with Crippen molar-refractivity contribution < 1.29 is 19.1 Å². The summed E-state index contributed by atoms with van der Waals surface area (Å²) in [6.45, 7) is 7.70. The molecule has 7 nitrogen and oxygen atoms in total. The van der Waals surface area contributed by atoms with Crippen LogP contribution in [0.5, 0.6) is 0 Å². The Morgan fingerprint density at radius 1 is 1.16 bits per heavy atom. The van der Waals surface area contributed by atoms with Crippen molar-refractivity contribution in [3.05, 3.63) is 56.2 Å². The number of carbonyl (C=O) groups excluding carboxylic acids is 3. The second kappa shape index (κ2) is 9.25. The summed E-state index contributed by atoms with van der Waals surface area (Å²) in [6.07, 6.45) is 1.74. The number of ether oxygens (including phenoxy) is 1. The minimum atomic E-state index is -0.425. The molecule has 4 rings (SSSR count). The zero-order valence-electron chi connectivity index (χ0n) is 18.2. The average Bonchev–Trinajstić information content (AvgIpc) is 3.20. The maximum atomic E-state index is 12.9. The van der Waals surface area contributed by atoms with Crippen LogP contribution in [0.25, 0.3) is 11.8 Å². The molecule has 0 atom stereocenters. The zero-order valence-corrected chi connectivity index (χ0v) is 20.6. The van der Waals surface area contributed by atoms with Gasteiger partial charge in [0, 0.05) is 34.6 Å². The normalized spacial score (nSPS) is 18.2. The van der Waals surface area contributed by atoms with E-state index in [0.29, 0.717) is 31.2 Å². The van der Waals surface area contributed by atoms with E-state index in [4.69, 9.17) is 4.74 Å². The lowest BCUT2D eigenvalue weighted by Gasteiger charge is -2.28. The van der Waals surface area contributed by atoms with E-state index in [1.165, 1.54) is 0 Å². The molecule has 0 saturated carbocycles. The summed E-state index contributed by atoms with van der Waals surface area (Å²) in [4.78, 5) is 40.9. The van der Waals surface area contributed by atoms with Crippen LogP contribution in [0.2, 0.25) is 0 Å². The van der Waals surface area contributed by atoms with E-state index in [0.717, 1.165) is 49.3 Å². The van der Waals surface area contributed by atoms with E-state index < -0.39 is 11.1 Å². The van der Waals surface area contributed by atoms with Crippen LogP contribution in [-0.4, -0.2) is 64.3 Å². The third-order valence-corrected chi connectivity index (χ3v) is 7.48. The fourth-order valence-corrected chi connectivity index (χ4v) is 5.00. The molecular formula is C23H24BrN3O4S. The summed E-state index contributed by atoms with van der Waals surface area (Å²) in [5, 5.41) is -0.416. The molecule has 0 aliphatic carbocycles. The van der Waals surface area contributed by atoms with Gasteiger partial charge in [-0.2, -0.15) is 0 Å². The number of benzene rings is 1. The van der Waals surface area contributed by atoms with Crippen molar-refractivity contribution in [2.75, 3.05) is 32.8 Å². The third kappa shape index (κ3) is 4.42. The molecule has 9 heteroatoms. The van der Waals surface area contributed by atoms with Crippen molar-refractivity contribution in [2.24, 2.45) is 0 Å². The number of hydrogen-bond acceptors (Lipinski definition) is 5. The van der Waals surface area contributed by atoms with Crippen LogP contribution < -0.4 is 0 Å². The van der Waals surface area contributed by atoms with Crippen LogP contribution in [0.4, 0.5) is 4.79 Å². The van der Waals surface area contributed by atoms with Crippen LogP contribution in [0.3, 0.4) is 0 Å². The van der Waals surface area contributed by atoms with Gasteiger partial charge in [0.15, 0.2) is 0 Å². The minimum absolute atomic E-state index is 0.236. The SMILES string of the molecule is Cc1cc(-n2c(C)cc(/C=C3\SC(=O)N(CC(=O)N4CCOCC4)C3=O)c2C)ccc1Br. The maximum Gasteiger partial charge on any atom is 0.294 e. The number of aromatic nitrogens is 1. The van der Waals surface area contributed by atoms with Gasteiger partial charge in [-0.3, -0.25) is 19.3 Å². The van der Waals surface area contributed by atoms with Gasteiger partial charge in [-0.05, 0) is 74.0 Å². The molecule has 2 saturated heterocycles. The Hall–Kier alpha value is -2.36. The van der Waals surface area contributed by atoms with Gasteiger partial charge in [-0.25, -0.2) is 0 Å². The van der Waals surface area contributed by atoms with Gasteiger partial charge in [-0.1, -0.05) is 15.9 Å². The molecule has 3 amide bonds. The van der Waals surface area contributed by atoms with Gasteiger partial charge in [0.2, 0.25) is 5.91 Å². The van der Waals surface area contributed by atoms with Crippen molar-refractivity contribution >= 4 is 50.8 Å². The monoisotopic (exact) mass is 517 g/mol. The summed E-state index contributed by atoms with van der Waals surface area (Å²) in [6, 6.07) is 8.14. The molecule has 2 aromatic rings. The van der Waals surface area contributed by atoms with Crippen molar-refractivity contribution in [3.63, 3.8) is 0 Å². The smallest absolute Gasteiger partial charge is 0.294 e. The molecule has 2 fully saturated rings. The third-order valence-electron chi connectivity index (χ3n) is 5.69. The molecule has 1 aromatic carbocycles. The molecular weight excluding hydrogens is 494 g/mol. The highest BCUT2D eigenvalue weighted by atomic mass is 79.9. The van der Waals surface area contributed by atoms with Crippen molar-refractivity contribution in [1.82, 2.24) is 14.4 Å². The molecule has 0 unspecified atom stereocenters. The molecule has 0 radical (unpaired) electrons. The van der Waals surface area contributed by atoms with E-state index in [-0.39, 0.29) is 12.5 Å². The van der Waals surface area contributed by atoms with Gasteiger partial charge in [0.25, 0.3) is 11.1 Å². The second-order valence-electron chi connectivity index (χ2n) is 7.86. The van der Waals surface area contributed by atoms with Crippen LogP contribution in [0, 0.1) is 20.8 Å². The summed E-state index contributed by atoms with van der Waals surface area (Å²) in [5.41, 5.74) is 5.03. The number of halogens is 1. The lowest BCUT2D eigenvalue weighted by molar-refractivity contribution is -0.139. The predicted molar refractivity (Wildman–Crippen MR) is 128 cm³/mol. The molecule has 0 spiro atoms. The van der Waals surface area contributed by atoms with E-state index in [1.54, 1.807) is 11.0 Å². The molecule has 168 valence electrons. The molecule has 0 bridgehead atoms. The molecule has 2 aliphatic heterocycles. The quantitative estimate of drug-likeness (QED) is 0.571. The summed E-state index contributed by atoms with van der Waals surface area (Å²) >= 11 is 4.41. The van der Waals surface area contributed by atoms with E-state index in [2.05, 4.69) is 26.6 Å². The van der Waals surface area contributed by atoms with Gasteiger partial charge >= 0.3 is 0 Å². The molecule has 2 aliphatic rings. The summed E-state index contributed by atoms with van der Waals surface area (Å²) in [7, 11) is 0. The Morgan fingerprint density at radius 2 is 1.88 bits per heavy atom. The Morgan fingerprint density at radius 3 is 2.56 bits per heavy atom. The summed E-state index contributed by atoms with van der Waals surface area (Å²) < 4.78 is 8.42. The Balaban J connectivity index is 1.56. The van der Waals surface area contributed by atoms with Crippen LogP contribution in [-0.2, 0) is 14.3 Å². The largest absolute Gasteiger partial charge is 0.378 e. The summed E-state index contributed by atoms with van der Waals surface area (Å²) in [5.74, 6) is -0.661. The van der Waals surface area contributed by atoms with Gasteiger partial charge < -0.3 is 14.2 Å². The first-order valence-corrected chi connectivity index (χ1v) is 11.9. The number of thioether (sulfide) groups is 1. The number of rotatable bonds is 4. The number of nitrogens with zero attached hydrogens (tertiary/aromatic N) is 3. The first-order valence-electron chi connectivity index (χ1n) is 10.3. The van der Waals surface area contributed by atoms with Crippen LogP contribution >= 0.6 is 27.7 Å². The van der Waals surface area contributed by atoms with Crippen molar-refractivity contribution in [3.8, 4) is 5.69 Å². The number of imide groups is 1. The maximum absolute atomic E-state index is 12.9. The first kappa shape index (κ1) is 22.8. The highest BCUT2D eigenvalue weighted by molar-refractivity contribution is 9.10. The minimum Gasteiger partial charge on any atom is -0.378 e. The average molecular weight is 518 g/mol. The molecule has 32 heavy (non-hydrogen) atoms. The van der Waals surface area contributed by atoms with Gasteiger partial charge in [0.1, 0.15) is 6.54 Å². The highest BCUT2D eigenvalue weighted by Gasteiger charge is 2.37. The lowest BCUT2D eigenvalue weighted by atomic mass is 10.2. The zero-order chi connectivity index (χ0) is 23.0. The van der Waals surface area contributed by atoms with Gasteiger partial charge in [0.05, 0.1) is 18.1 Å². The number of morpholine rings is 1. The van der Waals surface area contributed by atoms with E-state index in [1.807, 2.05) is 39.0 Å².